The van der Waals surface area contributed by atoms with Crippen molar-refractivity contribution >= 4 is 16.8 Å². The number of amides is 1. The van der Waals surface area contributed by atoms with Gasteiger partial charge in [0.1, 0.15) is 17.5 Å². The molecule has 4 aromatic rings. The zero-order valence-electron chi connectivity index (χ0n) is 17.5. The lowest BCUT2D eigenvalue weighted by Crippen LogP contribution is -3.07. The molecule has 2 aromatic heterocycles. The van der Waals surface area contributed by atoms with Crippen LogP contribution in [0.15, 0.2) is 77.2 Å². The Morgan fingerprint density at radius 1 is 1.03 bits per heavy atom. The SMILES string of the molecule is Cc1ccc(-c2cc(C(=O)NC[C@H](c3ccccc3)[NH+](C)C)c3ccccc3n2)o1. The van der Waals surface area contributed by atoms with Crippen LogP contribution in [0.5, 0.6) is 0 Å². The molecule has 2 N–H and O–H groups in total. The van der Waals surface area contributed by atoms with Gasteiger partial charge < -0.3 is 14.6 Å². The summed E-state index contributed by atoms with van der Waals surface area (Å²) in [5, 5.41) is 3.97. The number of aryl methyl sites for hydroxylation is 1. The summed E-state index contributed by atoms with van der Waals surface area (Å²) in [6.45, 7) is 2.43. The number of para-hydroxylation sites is 1. The molecule has 4 rings (SSSR count). The summed E-state index contributed by atoms with van der Waals surface area (Å²) in [7, 11) is 4.20. The van der Waals surface area contributed by atoms with Crippen LogP contribution < -0.4 is 10.2 Å². The summed E-state index contributed by atoms with van der Waals surface area (Å²) < 4.78 is 5.74. The number of fused-ring (bicyclic) bond motifs is 1. The van der Waals surface area contributed by atoms with E-state index in [1.54, 1.807) is 0 Å². The molecule has 2 aromatic carbocycles. The summed E-state index contributed by atoms with van der Waals surface area (Å²) in [6.07, 6.45) is 0. The maximum Gasteiger partial charge on any atom is 0.252 e. The molecule has 0 spiro atoms. The first-order valence-electron chi connectivity index (χ1n) is 10.1. The smallest absolute Gasteiger partial charge is 0.252 e. The van der Waals surface area contributed by atoms with E-state index in [1.165, 1.54) is 10.5 Å². The van der Waals surface area contributed by atoms with E-state index in [-0.39, 0.29) is 11.9 Å². The molecule has 0 unspecified atom stereocenters. The predicted octanol–water partition coefficient (Wildman–Crippen LogP) is 3.42. The molecular weight excluding hydrogens is 374 g/mol. The van der Waals surface area contributed by atoms with Crippen LogP contribution in [0.4, 0.5) is 0 Å². The number of carbonyl (C=O) groups is 1. The Hall–Kier alpha value is -3.44. The standard InChI is InChI=1S/C25H25N3O2/c1-17-13-14-24(30-17)22-15-20(19-11-7-8-12-21(19)27-22)25(29)26-16-23(28(2)3)18-9-5-4-6-10-18/h4-15,23H,16H2,1-3H3,(H,26,29)/p+1/t23-/m1/s1. The summed E-state index contributed by atoms with van der Waals surface area (Å²) in [5.41, 5.74) is 3.23. The van der Waals surface area contributed by atoms with Gasteiger partial charge in [-0.3, -0.25) is 4.79 Å². The number of hydrogen-bond donors (Lipinski definition) is 2. The van der Waals surface area contributed by atoms with Crippen LogP contribution in [-0.2, 0) is 0 Å². The quantitative estimate of drug-likeness (QED) is 0.521. The van der Waals surface area contributed by atoms with Crippen LogP contribution in [-0.4, -0.2) is 31.5 Å². The van der Waals surface area contributed by atoms with E-state index in [2.05, 4.69) is 31.5 Å². The fraction of sp³-hybridized carbons (Fsp3) is 0.200. The summed E-state index contributed by atoms with van der Waals surface area (Å²) in [4.78, 5) is 19.2. The highest BCUT2D eigenvalue weighted by atomic mass is 16.3. The minimum Gasteiger partial charge on any atom is -0.460 e. The van der Waals surface area contributed by atoms with E-state index >= 15 is 0 Å². The van der Waals surface area contributed by atoms with E-state index in [0.717, 1.165) is 16.7 Å². The summed E-state index contributed by atoms with van der Waals surface area (Å²) in [5.74, 6) is 1.36. The summed E-state index contributed by atoms with van der Waals surface area (Å²) in [6, 6.07) is 23.7. The van der Waals surface area contributed by atoms with Gasteiger partial charge in [0.05, 0.1) is 31.7 Å². The van der Waals surface area contributed by atoms with E-state index in [0.29, 0.717) is 23.6 Å². The van der Waals surface area contributed by atoms with E-state index in [4.69, 9.17) is 9.40 Å². The Bertz CT molecular complexity index is 1170. The van der Waals surface area contributed by atoms with Crippen LogP contribution >= 0.6 is 0 Å². The Labute approximate surface area is 176 Å². The average Bonchev–Trinajstić information content (AvgIpc) is 3.20. The second-order valence-electron chi connectivity index (χ2n) is 7.73. The van der Waals surface area contributed by atoms with Gasteiger partial charge in [-0.2, -0.15) is 0 Å². The van der Waals surface area contributed by atoms with Gasteiger partial charge in [0.25, 0.3) is 5.91 Å². The number of benzene rings is 2. The first-order chi connectivity index (χ1) is 14.5. The molecular formula is C25H26N3O2+. The van der Waals surface area contributed by atoms with Crippen molar-refractivity contribution in [3.63, 3.8) is 0 Å². The fourth-order valence-corrected chi connectivity index (χ4v) is 3.69. The van der Waals surface area contributed by atoms with Crippen LogP contribution in [0.25, 0.3) is 22.4 Å². The molecule has 30 heavy (non-hydrogen) atoms. The third kappa shape index (κ3) is 4.11. The van der Waals surface area contributed by atoms with Crippen molar-refractivity contribution in [2.75, 3.05) is 20.6 Å². The highest BCUT2D eigenvalue weighted by Crippen LogP contribution is 2.26. The van der Waals surface area contributed by atoms with E-state index in [9.17, 15) is 4.79 Å². The Kier molecular flexibility index (Phi) is 5.63. The van der Waals surface area contributed by atoms with Crippen molar-refractivity contribution in [2.24, 2.45) is 0 Å². The van der Waals surface area contributed by atoms with Crippen LogP contribution in [0.3, 0.4) is 0 Å². The van der Waals surface area contributed by atoms with Crippen molar-refractivity contribution in [1.29, 1.82) is 0 Å². The van der Waals surface area contributed by atoms with Crippen LogP contribution in [0.1, 0.15) is 27.7 Å². The van der Waals surface area contributed by atoms with Crippen molar-refractivity contribution in [1.82, 2.24) is 10.3 Å². The Balaban J connectivity index is 1.65. The van der Waals surface area contributed by atoms with Crippen molar-refractivity contribution in [2.45, 2.75) is 13.0 Å². The molecule has 0 fully saturated rings. The minimum atomic E-state index is -0.111. The van der Waals surface area contributed by atoms with Crippen LogP contribution in [0, 0.1) is 6.92 Å². The number of rotatable bonds is 6. The number of aromatic nitrogens is 1. The maximum atomic E-state index is 13.2. The zero-order chi connectivity index (χ0) is 21.1. The monoisotopic (exact) mass is 400 g/mol. The van der Waals surface area contributed by atoms with Crippen LogP contribution in [0.2, 0.25) is 0 Å². The van der Waals surface area contributed by atoms with Gasteiger partial charge in [0, 0.05) is 10.9 Å². The molecule has 0 aliphatic heterocycles. The molecule has 0 saturated heterocycles. The lowest BCUT2D eigenvalue weighted by Gasteiger charge is -2.22. The number of hydrogen-bond acceptors (Lipinski definition) is 3. The summed E-state index contributed by atoms with van der Waals surface area (Å²) >= 11 is 0. The number of quaternary nitrogens is 1. The van der Waals surface area contributed by atoms with Gasteiger partial charge in [0.2, 0.25) is 0 Å². The van der Waals surface area contributed by atoms with E-state index in [1.807, 2.05) is 67.6 Å². The van der Waals surface area contributed by atoms with Gasteiger partial charge in [-0.05, 0) is 31.2 Å². The van der Waals surface area contributed by atoms with Gasteiger partial charge in [-0.15, -0.1) is 0 Å². The van der Waals surface area contributed by atoms with Gasteiger partial charge >= 0.3 is 0 Å². The highest BCUT2D eigenvalue weighted by Gasteiger charge is 2.20. The Morgan fingerprint density at radius 2 is 1.77 bits per heavy atom. The number of likely N-dealkylation sites (N-methyl/N-ethyl adjacent to an activating group) is 1. The number of carbonyl (C=O) groups excluding carboxylic acids is 1. The molecule has 0 bridgehead atoms. The highest BCUT2D eigenvalue weighted by molar-refractivity contribution is 6.07. The minimum absolute atomic E-state index is 0.111. The molecule has 1 atom stereocenters. The third-order valence-electron chi connectivity index (χ3n) is 5.32. The largest absolute Gasteiger partial charge is 0.460 e. The molecule has 152 valence electrons. The first-order valence-corrected chi connectivity index (χ1v) is 10.1. The molecule has 5 heteroatoms. The Morgan fingerprint density at radius 3 is 2.47 bits per heavy atom. The lowest BCUT2D eigenvalue weighted by molar-refractivity contribution is -0.890. The lowest BCUT2D eigenvalue weighted by atomic mass is 10.0. The topological polar surface area (TPSA) is 59.6 Å². The molecule has 0 radical (unpaired) electrons. The number of nitrogens with zero attached hydrogens (tertiary/aromatic N) is 1. The van der Waals surface area contributed by atoms with Crippen molar-refractivity contribution in [3.8, 4) is 11.5 Å². The van der Waals surface area contributed by atoms with Gasteiger partial charge in [0.15, 0.2) is 5.76 Å². The molecule has 0 aliphatic rings. The molecule has 2 heterocycles. The van der Waals surface area contributed by atoms with Crippen molar-refractivity contribution in [3.05, 3.63) is 89.7 Å². The second-order valence-corrected chi connectivity index (χ2v) is 7.73. The number of nitrogens with one attached hydrogen (secondary N) is 2. The average molecular weight is 401 g/mol. The van der Waals surface area contributed by atoms with Gasteiger partial charge in [-0.1, -0.05) is 48.5 Å². The van der Waals surface area contributed by atoms with Crippen molar-refractivity contribution < 1.29 is 14.1 Å². The molecule has 1 amide bonds. The number of pyridine rings is 1. The fourth-order valence-electron chi connectivity index (χ4n) is 3.69. The predicted molar refractivity (Wildman–Crippen MR) is 119 cm³/mol. The number of furan rings is 1. The second kappa shape index (κ2) is 8.51. The molecule has 0 aliphatic carbocycles. The molecule has 5 nitrogen and oxygen atoms in total. The molecule has 0 saturated carbocycles. The zero-order valence-corrected chi connectivity index (χ0v) is 17.5. The van der Waals surface area contributed by atoms with Gasteiger partial charge in [-0.25, -0.2) is 4.98 Å². The normalized spacial score (nSPS) is 12.3. The third-order valence-corrected chi connectivity index (χ3v) is 5.32. The maximum absolute atomic E-state index is 13.2. The van der Waals surface area contributed by atoms with E-state index < -0.39 is 0 Å². The first kappa shape index (κ1) is 19.9.